The van der Waals surface area contributed by atoms with Gasteiger partial charge in [-0.25, -0.2) is 4.39 Å². The van der Waals surface area contributed by atoms with Crippen molar-refractivity contribution in [3.63, 3.8) is 0 Å². The highest BCUT2D eigenvalue weighted by atomic mass is 19.1. The van der Waals surface area contributed by atoms with Gasteiger partial charge < -0.3 is 25.0 Å². The van der Waals surface area contributed by atoms with Gasteiger partial charge >= 0.3 is 0 Å². The van der Waals surface area contributed by atoms with E-state index in [1.807, 2.05) is 0 Å². The number of rotatable bonds is 8. The molecule has 0 radical (unpaired) electrons. The highest BCUT2D eigenvalue weighted by Crippen LogP contribution is 2.26. The van der Waals surface area contributed by atoms with Crippen molar-refractivity contribution in [2.45, 2.75) is 45.3 Å². The van der Waals surface area contributed by atoms with Crippen LogP contribution in [-0.2, 0) is 17.8 Å². The molecule has 4 rings (SSSR count). The second-order valence-electron chi connectivity index (χ2n) is 9.09. The van der Waals surface area contributed by atoms with Crippen molar-refractivity contribution in [2.75, 3.05) is 19.6 Å². The van der Waals surface area contributed by atoms with Crippen LogP contribution in [0.4, 0.5) is 4.39 Å². The molecule has 190 valence electrons. The molecule has 3 aromatic rings. The molecule has 0 saturated carbocycles. The van der Waals surface area contributed by atoms with Gasteiger partial charge in [0.2, 0.25) is 5.91 Å². The van der Waals surface area contributed by atoms with Crippen LogP contribution in [0.5, 0.6) is 5.75 Å². The lowest BCUT2D eigenvalue weighted by atomic mass is 10.1. The third kappa shape index (κ3) is 5.54. The van der Waals surface area contributed by atoms with Crippen LogP contribution in [0.1, 0.15) is 47.7 Å². The summed E-state index contributed by atoms with van der Waals surface area (Å²) < 4.78 is 14.6. The summed E-state index contributed by atoms with van der Waals surface area (Å²) in [6, 6.07) is 7.74. The number of piperidine rings is 1. The monoisotopic (exact) mass is 496 g/mol. The molecule has 1 aliphatic heterocycles. The van der Waals surface area contributed by atoms with E-state index >= 15 is 0 Å². The molecule has 1 aromatic carbocycles. The third-order valence-electron chi connectivity index (χ3n) is 6.26. The van der Waals surface area contributed by atoms with Gasteiger partial charge in [0.05, 0.1) is 11.6 Å². The number of pyridine rings is 2. The summed E-state index contributed by atoms with van der Waals surface area (Å²) >= 11 is 0. The molecule has 1 unspecified atom stereocenters. The summed E-state index contributed by atoms with van der Waals surface area (Å²) in [4.78, 5) is 44.6. The molecule has 2 aromatic heterocycles. The molecular formula is C26H29FN4O5. The number of benzene rings is 1. The van der Waals surface area contributed by atoms with E-state index in [-0.39, 0.29) is 36.9 Å². The number of aliphatic hydroxyl groups excluding tert-OH is 1. The quantitative estimate of drug-likeness (QED) is 0.438. The molecular weight excluding hydrogens is 467 g/mol. The summed E-state index contributed by atoms with van der Waals surface area (Å²) in [5.41, 5.74) is 0.782. The Kier molecular flexibility index (Phi) is 7.64. The maximum atomic E-state index is 13.5. The number of halogens is 1. The van der Waals surface area contributed by atoms with E-state index in [1.165, 1.54) is 29.8 Å². The number of likely N-dealkylation sites (tertiary alicyclic amines) is 1. The lowest BCUT2D eigenvalue weighted by Crippen LogP contribution is -2.40. The van der Waals surface area contributed by atoms with E-state index < -0.39 is 28.9 Å². The van der Waals surface area contributed by atoms with Crippen LogP contribution in [-0.4, -0.2) is 62.2 Å². The minimum Gasteiger partial charge on any atom is -0.505 e. The SMILES string of the molecule is CC(O)CNC(=O)c1c(O)c2ncc(Cc3ccc(F)cc3)cc2n(CCN2CCCCC2=O)c1=O. The van der Waals surface area contributed by atoms with Crippen molar-refractivity contribution in [2.24, 2.45) is 0 Å². The fourth-order valence-corrected chi connectivity index (χ4v) is 4.36. The number of aromatic hydroxyl groups is 1. The van der Waals surface area contributed by atoms with Crippen molar-refractivity contribution in [1.82, 2.24) is 19.8 Å². The smallest absolute Gasteiger partial charge is 0.267 e. The van der Waals surface area contributed by atoms with Gasteiger partial charge in [-0.1, -0.05) is 12.1 Å². The second kappa shape index (κ2) is 10.9. The summed E-state index contributed by atoms with van der Waals surface area (Å²) in [6.07, 6.45) is 3.29. The normalized spacial score (nSPS) is 14.8. The molecule has 1 fully saturated rings. The topological polar surface area (TPSA) is 125 Å². The molecule has 1 aliphatic rings. The van der Waals surface area contributed by atoms with Crippen molar-refractivity contribution in [3.8, 4) is 5.75 Å². The molecule has 3 N–H and O–H groups in total. The van der Waals surface area contributed by atoms with Gasteiger partial charge in [-0.05, 0) is 55.5 Å². The van der Waals surface area contributed by atoms with Crippen LogP contribution >= 0.6 is 0 Å². The van der Waals surface area contributed by atoms with Crippen molar-refractivity contribution < 1.29 is 24.2 Å². The van der Waals surface area contributed by atoms with Crippen molar-refractivity contribution >= 4 is 22.8 Å². The second-order valence-corrected chi connectivity index (χ2v) is 9.09. The zero-order valence-corrected chi connectivity index (χ0v) is 20.0. The van der Waals surface area contributed by atoms with E-state index in [0.29, 0.717) is 24.9 Å². The Hall–Kier alpha value is -3.79. The molecule has 0 bridgehead atoms. The first-order valence-corrected chi connectivity index (χ1v) is 12.0. The number of amides is 2. The minimum atomic E-state index is -0.837. The predicted molar refractivity (Wildman–Crippen MR) is 131 cm³/mol. The molecule has 10 heteroatoms. The first-order chi connectivity index (χ1) is 17.2. The van der Waals surface area contributed by atoms with Crippen LogP contribution in [0.25, 0.3) is 11.0 Å². The predicted octanol–water partition coefficient (Wildman–Crippen LogP) is 1.96. The maximum Gasteiger partial charge on any atom is 0.267 e. The van der Waals surface area contributed by atoms with Crippen LogP contribution in [0, 0.1) is 5.82 Å². The van der Waals surface area contributed by atoms with E-state index in [0.717, 1.165) is 24.0 Å². The van der Waals surface area contributed by atoms with Gasteiger partial charge in [0.25, 0.3) is 11.5 Å². The molecule has 36 heavy (non-hydrogen) atoms. The lowest BCUT2D eigenvalue weighted by Gasteiger charge is -2.27. The Balaban J connectivity index is 1.76. The highest BCUT2D eigenvalue weighted by molar-refractivity contribution is 6.01. The average Bonchev–Trinajstić information content (AvgIpc) is 2.85. The van der Waals surface area contributed by atoms with Crippen LogP contribution in [0.3, 0.4) is 0 Å². The Morgan fingerprint density at radius 2 is 1.92 bits per heavy atom. The molecule has 0 spiro atoms. The van der Waals surface area contributed by atoms with E-state index in [2.05, 4.69) is 10.3 Å². The summed E-state index contributed by atoms with van der Waals surface area (Å²) in [5.74, 6) is -1.69. The highest BCUT2D eigenvalue weighted by Gasteiger charge is 2.25. The summed E-state index contributed by atoms with van der Waals surface area (Å²) in [5, 5.41) is 22.8. The number of aromatic nitrogens is 2. The van der Waals surface area contributed by atoms with Gasteiger partial charge in [0, 0.05) is 38.8 Å². The Labute approximate surface area is 207 Å². The zero-order valence-electron chi connectivity index (χ0n) is 20.0. The molecule has 3 heterocycles. The Bertz CT molecular complexity index is 1340. The fraction of sp³-hybridized carbons (Fsp3) is 0.385. The van der Waals surface area contributed by atoms with Gasteiger partial charge in [-0.2, -0.15) is 0 Å². The van der Waals surface area contributed by atoms with Crippen LogP contribution in [0.2, 0.25) is 0 Å². The first kappa shape index (κ1) is 25.3. The third-order valence-corrected chi connectivity index (χ3v) is 6.26. The van der Waals surface area contributed by atoms with Gasteiger partial charge in [-0.3, -0.25) is 19.4 Å². The number of nitrogens with zero attached hydrogens (tertiary/aromatic N) is 3. The van der Waals surface area contributed by atoms with Gasteiger partial charge in [-0.15, -0.1) is 0 Å². The maximum absolute atomic E-state index is 13.5. The molecule has 0 aliphatic carbocycles. The van der Waals surface area contributed by atoms with Crippen molar-refractivity contribution in [3.05, 3.63) is 69.4 Å². The van der Waals surface area contributed by atoms with E-state index in [9.17, 15) is 29.0 Å². The molecule has 9 nitrogen and oxygen atoms in total. The minimum absolute atomic E-state index is 0.0161. The Morgan fingerprint density at radius 3 is 2.61 bits per heavy atom. The number of carbonyl (C=O) groups excluding carboxylic acids is 2. The average molecular weight is 497 g/mol. The van der Waals surface area contributed by atoms with Crippen molar-refractivity contribution in [1.29, 1.82) is 0 Å². The van der Waals surface area contributed by atoms with E-state index in [4.69, 9.17) is 0 Å². The zero-order chi connectivity index (χ0) is 25.8. The molecule has 1 atom stereocenters. The molecule has 1 saturated heterocycles. The van der Waals surface area contributed by atoms with Gasteiger partial charge in [0.15, 0.2) is 5.75 Å². The molecule has 2 amide bonds. The largest absolute Gasteiger partial charge is 0.505 e. The number of nitrogens with one attached hydrogen (secondary N) is 1. The number of aliphatic hydroxyl groups is 1. The summed E-state index contributed by atoms with van der Waals surface area (Å²) in [7, 11) is 0. The number of hydrogen-bond acceptors (Lipinski definition) is 6. The number of hydrogen-bond donors (Lipinski definition) is 3. The fourth-order valence-electron chi connectivity index (χ4n) is 4.36. The summed E-state index contributed by atoms with van der Waals surface area (Å²) in [6.45, 7) is 2.37. The number of fused-ring (bicyclic) bond motifs is 1. The Morgan fingerprint density at radius 1 is 1.17 bits per heavy atom. The first-order valence-electron chi connectivity index (χ1n) is 12.0. The standard InChI is InChI=1S/C26H29FN4O5/c1-16(32)14-29-25(35)22-24(34)23-20(13-18(15-28-23)12-17-5-7-19(27)8-6-17)31(26(22)36)11-10-30-9-3-2-4-21(30)33/h5-8,13,15-16,32,34H,2-4,9-12,14H2,1H3,(H,29,35). The van der Waals surface area contributed by atoms with E-state index in [1.54, 1.807) is 23.1 Å². The van der Waals surface area contributed by atoms with Gasteiger partial charge in [0.1, 0.15) is 16.9 Å². The van der Waals surface area contributed by atoms with Crippen LogP contribution < -0.4 is 10.9 Å². The lowest BCUT2D eigenvalue weighted by molar-refractivity contribution is -0.133. The van der Waals surface area contributed by atoms with Crippen LogP contribution in [0.15, 0.2) is 41.3 Å². The number of carbonyl (C=O) groups is 2.